The molecular weight excluding hydrogens is 570 g/mol. The van der Waals surface area contributed by atoms with E-state index in [1.807, 2.05) is 30.3 Å². The van der Waals surface area contributed by atoms with E-state index < -0.39 is 34.5 Å². The van der Waals surface area contributed by atoms with Crippen LogP contribution in [0.1, 0.15) is 47.6 Å². The van der Waals surface area contributed by atoms with Gasteiger partial charge in [-0.25, -0.2) is 9.78 Å². The Bertz CT molecular complexity index is 1600. The number of carboxylic acid groups (broad SMARTS) is 1. The van der Waals surface area contributed by atoms with Crippen molar-refractivity contribution in [3.05, 3.63) is 81.5 Å². The number of aryl methyl sites for hydroxylation is 3. The number of aliphatic carboxylic acids is 1. The molecule has 3 aromatic rings. The highest BCUT2D eigenvalue weighted by Gasteiger charge is 2.29. The predicted molar refractivity (Wildman–Crippen MR) is 165 cm³/mol. The molecule has 5 rings (SSSR count). The van der Waals surface area contributed by atoms with Gasteiger partial charge < -0.3 is 15.3 Å². The monoisotopic (exact) mass is 609 g/mol. The second-order valence-electron chi connectivity index (χ2n) is 11.3. The Morgan fingerprint density at radius 2 is 1.86 bits per heavy atom. The van der Waals surface area contributed by atoms with Crippen molar-refractivity contribution in [1.82, 2.24) is 23.6 Å². The van der Waals surface area contributed by atoms with E-state index in [4.69, 9.17) is 4.98 Å². The molecule has 0 unspecified atom stereocenters. The van der Waals surface area contributed by atoms with Gasteiger partial charge in [0.05, 0.1) is 6.54 Å². The highest BCUT2D eigenvalue weighted by molar-refractivity contribution is 7.87. The average Bonchev–Trinajstić information content (AvgIpc) is 3.01. The molecule has 0 aliphatic carbocycles. The van der Waals surface area contributed by atoms with Gasteiger partial charge in [-0.05, 0) is 55.7 Å². The highest BCUT2D eigenvalue weighted by atomic mass is 32.2. The lowest BCUT2D eigenvalue weighted by Crippen LogP contribution is -2.49. The van der Waals surface area contributed by atoms with E-state index in [1.54, 1.807) is 6.20 Å². The fourth-order valence-corrected chi connectivity index (χ4v) is 6.38. The van der Waals surface area contributed by atoms with E-state index in [1.165, 1.54) is 24.2 Å². The van der Waals surface area contributed by atoms with Crippen LogP contribution in [0.2, 0.25) is 0 Å². The van der Waals surface area contributed by atoms with Gasteiger partial charge in [0.1, 0.15) is 17.7 Å². The summed E-state index contributed by atoms with van der Waals surface area (Å²) in [5.74, 6) is 0.503. The van der Waals surface area contributed by atoms with Crippen LogP contribution in [-0.2, 0) is 40.8 Å². The SMILES string of the molecule is CN(C)S(=O)(=O)N[C@@H](Cn1cc(CCc2ccccc2)c(N2CCC(c3ccc4c(n3)NCCC4)CC2)nc1=O)C(=O)O. The maximum Gasteiger partial charge on any atom is 0.349 e. The molecule has 4 heterocycles. The standard InChI is InChI=1S/C30H39N7O5S/c1-35(2)43(41,42)34-26(29(38)39)20-37-19-24(11-10-21-7-4-3-5-8-21)28(33-30(37)40)36-17-14-22(15-18-36)25-13-12-23-9-6-16-31-27(23)32-25/h3-5,7-8,12-13,19,22,26,34H,6,9-11,14-18,20H2,1-2H3,(H,31,32)(H,38,39)/t26-/m0/s1. The molecule has 0 saturated carbocycles. The van der Waals surface area contributed by atoms with E-state index in [9.17, 15) is 23.1 Å². The summed E-state index contributed by atoms with van der Waals surface area (Å²) in [6, 6.07) is 12.7. The number of nitrogens with one attached hydrogen (secondary N) is 2. The smallest absolute Gasteiger partial charge is 0.349 e. The molecule has 0 spiro atoms. The first-order chi connectivity index (χ1) is 20.6. The Hall–Kier alpha value is -3.81. The summed E-state index contributed by atoms with van der Waals surface area (Å²) >= 11 is 0. The van der Waals surface area contributed by atoms with Gasteiger partial charge in [-0.15, -0.1) is 0 Å². The zero-order valence-corrected chi connectivity index (χ0v) is 25.4. The summed E-state index contributed by atoms with van der Waals surface area (Å²) < 4.78 is 28.9. The largest absolute Gasteiger partial charge is 0.480 e. The van der Waals surface area contributed by atoms with E-state index >= 15 is 0 Å². The van der Waals surface area contributed by atoms with Crippen LogP contribution in [0.4, 0.5) is 11.6 Å². The van der Waals surface area contributed by atoms with Crippen LogP contribution in [0.5, 0.6) is 0 Å². The Morgan fingerprint density at radius 1 is 1.12 bits per heavy atom. The van der Waals surface area contributed by atoms with Crippen LogP contribution in [0.25, 0.3) is 0 Å². The quantitative estimate of drug-likeness (QED) is 0.297. The van der Waals surface area contributed by atoms with Crippen molar-refractivity contribution in [2.45, 2.75) is 57.0 Å². The van der Waals surface area contributed by atoms with Gasteiger partial charge in [-0.2, -0.15) is 22.4 Å². The molecule has 1 aromatic carbocycles. The second-order valence-corrected chi connectivity index (χ2v) is 13.3. The van der Waals surface area contributed by atoms with E-state index in [2.05, 4.69) is 32.1 Å². The Kier molecular flexibility index (Phi) is 9.43. The van der Waals surface area contributed by atoms with Gasteiger partial charge in [0.15, 0.2) is 0 Å². The van der Waals surface area contributed by atoms with Crippen molar-refractivity contribution in [2.75, 3.05) is 43.9 Å². The topological polar surface area (TPSA) is 150 Å². The molecule has 1 saturated heterocycles. The van der Waals surface area contributed by atoms with Crippen molar-refractivity contribution < 1.29 is 18.3 Å². The zero-order chi connectivity index (χ0) is 30.6. The third kappa shape index (κ3) is 7.40. The van der Waals surface area contributed by atoms with Crippen molar-refractivity contribution in [1.29, 1.82) is 0 Å². The minimum Gasteiger partial charge on any atom is -0.480 e. The van der Waals surface area contributed by atoms with Gasteiger partial charge in [0.25, 0.3) is 10.2 Å². The minimum absolute atomic E-state index is 0.305. The van der Waals surface area contributed by atoms with Crippen LogP contribution in [0.15, 0.2) is 53.5 Å². The normalized spacial score (nSPS) is 16.5. The van der Waals surface area contributed by atoms with Crippen LogP contribution >= 0.6 is 0 Å². The summed E-state index contributed by atoms with van der Waals surface area (Å²) in [5, 5.41) is 13.2. The van der Waals surface area contributed by atoms with Gasteiger partial charge >= 0.3 is 11.7 Å². The molecule has 2 aromatic heterocycles. The molecule has 0 radical (unpaired) electrons. The maximum absolute atomic E-state index is 13.2. The highest BCUT2D eigenvalue weighted by Crippen LogP contribution is 2.32. The average molecular weight is 610 g/mol. The number of anilines is 2. The Balaban J connectivity index is 1.38. The minimum atomic E-state index is -4.04. The first-order valence-electron chi connectivity index (χ1n) is 14.7. The number of hydrogen-bond donors (Lipinski definition) is 3. The lowest BCUT2D eigenvalue weighted by Gasteiger charge is -2.34. The molecular formula is C30H39N7O5S. The molecule has 230 valence electrons. The first-order valence-corrected chi connectivity index (χ1v) is 16.1. The van der Waals surface area contributed by atoms with Crippen LogP contribution < -0.4 is 20.6 Å². The fraction of sp³-hybridized carbons (Fsp3) is 0.467. The molecule has 0 amide bonds. The Morgan fingerprint density at radius 3 is 2.56 bits per heavy atom. The number of fused-ring (bicyclic) bond motifs is 1. The molecule has 43 heavy (non-hydrogen) atoms. The number of benzene rings is 1. The summed E-state index contributed by atoms with van der Waals surface area (Å²) in [4.78, 5) is 36.7. The Labute approximate surface area is 252 Å². The molecule has 1 fully saturated rings. The summed E-state index contributed by atoms with van der Waals surface area (Å²) in [6.45, 7) is 1.95. The van der Waals surface area contributed by atoms with Gasteiger partial charge in [-0.3, -0.25) is 9.36 Å². The van der Waals surface area contributed by atoms with Crippen molar-refractivity contribution in [3.63, 3.8) is 0 Å². The fourth-order valence-electron chi connectivity index (χ4n) is 5.64. The predicted octanol–water partition coefficient (Wildman–Crippen LogP) is 2.01. The maximum atomic E-state index is 13.2. The van der Waals surface area contributed by atoms with Gasteiger partial charge in [0.2, 0.25) is 0 Å². The number of piperidine rings is 1. The zero-order valence-electron chi connectivity index (χ0n) is 24.6. The second kappa shape index (κ2) is 13.2. The molecule has 13 heteroatoms. The molecule has 2 aliphatic heterocycles. The molecule has 0 bridgehead atoms. The summed E-state index contributed by atoms with van der Waals surface area (Å²) in [7, 11) is -1.44. The third-order valence-corrected chi connectivity index (χ3v) is 9.69. The number of aromatic nitrogens is 3. The lowest BCUT2D eigenvalue weighted by atomic mass is 9.92. The lowest BCUT2D eigenvalue weighted by molar-refractivity contribution is -0.139. The molecule has 3 N–H and O–H groups in total. The molecule has 1 atom stereocenters. The van der Waals surface area contributed by atoms with E-state index in [0.29, 0.717) is 37.7 Å². The van der Waals surface area contributed by atoms with Gasteiger partial charge in [-0.1, -0.05) is 36.4 Å². The summed E-state index contributed by atoms with van der Waals surface area (Å²) in [6.07, 6.45) is 6.80. The molecule has 12 nitrogen and oxygen atoms in total. The first kappa shape index (κ1) is 30.6. The number of nitrogens with zero attached hydrogens (tertiary/aromatic N) is 5. The third-order valence-electron chi connectivity index (χ3n) is 8.15. The van der Waals surface area contributed by atoms with E-state index in [0.717, 1.165) is 59.2 Å². The van der Waals surface area contributed by atoms with Crippen LogP contribution in [-0.4, -0.2) is 78.1 Å². The van der Waals surface area contributed by atoms with Gasteiger partial charge in [0, 0.05) is 57.1 Å². The number of pyridine rings is 1. The number of hydrogen-bond acceptors (Lipinski definition) is 8. The van der Waals surface area contributed by atoms with Crippen LogP contribution in [0.3, 0.4) is 0 Å². The van der Waals surface area contributed by atoms with Crippen molar-refractivity contribution in [2.24, 2.45) is 0 Å². The summed E-state index contributed by atoms with van der Waals surface area (Å²) in [5.41, 5.74) is 3.65. The van der Waals surface area contributed by atoms with Crippen molar-refractivity contribution in [3.8, 4) is 0 Å². The molecule has 2 aliphatic rings. The number of rotatable bonds is 11. The van der Waals surface area contributed by atoms with E-state index in [-0.39, 0.29) is 0 Å². The van der Waals surface area contributed by atoms with Crippen molar-refractivity contribution >= 4 is 27.8 Å². The number of carbonyl (C=O) groups is 1. The van der Waals surface area contributed by atoms with Crippen LogP contribution in [0, 0.1) is 0 Å². The number of carboxylic acids is 1.